The van der Waals surface area contributed by atoms with E-state index >= 15 is 0 Å². The van der Waals surface area contributed by atoms with Gasteiger partial charge in [0.2, 0.25) is 11.8 Å². The maximum Gasteiger partial charge on any atom is 0.253 e. The molecule has 0 spiro atoms. The van der Waals surface area contributed by atoms with E-state index in [4.69, 9.17) is 23.2 Å². The molecule has 9 heteroatoms. The van der Waals surface area contributed by atoms with Crippen LogP contribution in [0, 0.1) is 17.8 Å². The van der Waals surface area contributed by atoms with Gasteiger partial charge < -0.3 is 5.11 Å². The lowest BCUT2D eigenvalue weighted by Crippen LogP contribution is -2.60. The van der Waals surface area contributed by atoms with Gasteiger partial charge >= 0.3 is 0 Å². The van der Waals surface area contributed by atoms with Crippen LogP contribution in [0.4, 0.5) is 0 Å². The Morgan fingerprint density at radius 3 is 2.38 bits per heavy atom. The van der Waals surface area contributed by atoms with Crippen molar-refractivity contribution in [3.8, 4) is 5.75 Å². The second-order valence-electron chi connectivity index (χ2n) is 10.3. The minimum atomic E-state index is -1.85. The molecule has 190 valence electrons. The van der Waals surface area contributed by atoms with Gasteiger partial charge in [-0.05, 0) is 42.0 Å². The summed E-state index contributed by atoms with van der Waals surface area (Å²) in [5.41, 5.74) is 2.06. The van der Waals surface area contributed by atoms with Crippen LogP contribution in [0.25, 0.3) is 0 Å². The number of rotatable bonds is 3. The summed E-state index contributed by atoms with van der Waals surface area (Å²) in [6.07, 6.45) is 2.14. The first-order valence-electron chi connectivity index (χ1n) is 12.2. The largest absolute Gasteiger partial charge is 0.508 e. The minimum absolute atomic E-state index is 0.0272. The Kier molecular flexibility index (Phi) is 5.34. The van der Waals surface area contributed by atoms with Crippen molar-refractivity contribution in [1.29, 1.82) is 0 Å². The number of allylic oxidation sites excluding steroid dienone is 2. The van der Waals surface area contributed by atoms with Crippen molar-refractivity contribution in [3.05, 3.63) is 77.4 Å². The van der Waals surface area contributed by atoms with Gasteiger partial charge in [0.05, 0.1) is 18.4 Å². The lowest BCUT2D eigenvalue weighted by atomic mass is 9.56. The van der Waals surface area contributed by atoms with Crippen molar-refractivity contribution in [1.82, 2.24) is 9.80 Å². The second kappa shape index (κ2) is 8.17. The summed E-state index contributed by atoms with van der Waals surface area (Å²) in [6.45, 7) is 0.162. The third-order valence-electron chi connectivity index (χ3n) is 8.49. The monoisotopic (exact) mass is 538 g/mol. The van der Waals surface area contributed by atoms with Crippen LogP contribution in [0.5, 0.6) is 5.75 Å². The van der Waals surface area contributed by atoms with Crippen molar-refractivity contribution in [2.75, 3.05) is 7.05 Å². The molecule has 2 aromatic carbocycles. The topological polar surface area (TPSA) is 95.0 Å². The Labute approximate surface area is 223 Å². The van der Waals surface area contributed by atoms with E-state index in [1.165, 1.54) is 24.1 Å². The van der Waals surface area contributed by atoms with Crippen LogP contribution in [0.2, 0.25) is 0 Å². The predicted octanol–water partition coefficient (Wildman–Crippen LogP) is 3.58. The van der Waals surface area contributed by atoms with E-state index in [1.54, 1.807) is 12.1 Å². The molecule has 0 radical (unpaired) electrons. The first-order valence-corrected chi connectivity index (χ1v) is 12.9. The third-order valence-corrected chi connectivity index (χ3v) is 9.91. The van der Waals surface area contributed by atoms with Gasteiger partial charge in [0.15, 0.2) is 9.75 Å². The predicted molar refractivity (Wildman–Crippen MR) is 136 cm³/mol. The molecular formula is C28H24Cl2N2O5. The van der Waals surface area contributed by atoms with E-state index in [0.717, 1.165) is 10.5 Å². The van der Waals surface area contributed by atoms with Gasteiger partial charge in [-0.1, -0.05) is 54.1 Å². The van der Waals surface area contributed by atoms with E-state index in [2.05, 4.69) is 0 Å². The van der Waals surface area contributed by atoms with Crippen LogP contribution in [-0.2, 0) is 25.7 Å². The molecule has 37 heavy (non-hydrogen) atoms. The van der Waals surface area contributed by atoms with E-state index in [1.807, 2.05) is 36.4 Å². The van der Waals surface area contributed by atoms with Gasteiger partial charge in [-0.25, -0.2) is 0 Å². The molecule has 1 saturated carbocycles. The number of phenolic OH excluding ortho intramolecular Hbond substituents is 1. The molecule has 6 rings (SSSR count). The van der Waals surface area contributed by atoms with Crippen molar-refractivity contribution < 1.29 is 24.3 Å². The van der Waals surface area contributed by atoms with Crippen LogP contribution >= 0.6 is 23.2 Å². The van der Waals surface area contributed by atoms with Crippen molar-refractivity contribution in [2.45, 2.75) is 35.1 Å². The number of carbonyl (C=O) groups excluding carboxylic acids is 4. The van der Waals surface area contributed by atoms with Crippen molar-refractivity contribution in [2.24, 2.45) is 17.8 Å². The fraction of sp³-hybridized carbons (Fsp3) is 0.357. The van der Waals surface area contributed by atoms with Gasteiger partial charge in [0.25, 0.3) is 11.8 Å². The zero-order valence-corrected chi connectivity index (χ0v) is 21.4. The first-order chi connectivity index (χ1) is 17.6. The van der Waals surface area contributed by atoms with Gasteiger partial charge in [-0.3, -0.25) is 29.0 Å². The molecule has 6 atom stereocenters. The normalized spacial score (nSPS) is 34.8. The molecule has 3 fully saturated rings. The maximum absolute atomic E-state index is 13.8. The van der Waals surface area contributed by atoms with E-state index in [9.17, 15) is 24.3 Å². The Morgan fingerprint density at radius 2 is 1.68 bits per heavy atom. The van der Waals surface area contributed by atoms with Crippen molar-refractivity contribution in [3.63, 3.8) is 0 Å². The van der Waals surface area contributed by atoms with E-state index in [-0.39, 0.29) is 30.5 Å². The van der Waals surface area contributed by atoms with Crippen LogP contribution < -0.4 is 0 Å². The number of carbonyl (C=O) groups is 4. The number of phenols is 1. The summed E-state index contributed by atoms with van der Waals surface area (Å²) >= 11 is 14.2. The third kappa shape index (κ3) is 3.13. The summed E-state index contributed by atoms with van der Waals surface area (Å²) in [6, 6.07) is 15.6. The average molecular weight is 539 g/mol. The molecular weight excluding hydrogens is 515 g/mol. The molecule has 2 saturated heterocycles. The number of hydrogen-bond acceptors (Lipinski definition) is 5. The van der Waals surface area contributed by atoms with E-state index in [0.29, 0.717) is 17.6 Å². The van der Waals surface area contributed by atoms with Gasteiger partial charge in [0.1, 0.15) is 5.75 Å². The number of nitrogens with zero attached hydrogens (tertiary/aromatic N) is 2. The molecule has 2 aromatic rings. The van der Waals surface area contributed by atoms with Crippen molar-refractivity contribution >= 4 is 46.8 Å². The summed E-state index contributed by atoms with van der Waals surface area (Å²) < 4.78 is 0. The summed E-state index contributed by atoms with van der Waals surface area (Å²) in [4.78, 5) is 52.7. The van der Waals surface area contributed by atoms with Crippen LogP contribution in [-0.4, -0.2) is 55.3 Å². The number of fused-ring (bicyclic) bond motifs is 4. The molecule has 4 amide bonds. The highest BCUT2D eigenvalue weighted by atomic mass is 35.5. The Bertz CT molecular complexity index is 1390. The number of hydrogen-bond donors (Lipinski definition) is 1. The lowest BCUT2D eigenvalue weighted by Gasteiger charge is -2.50. The number of amides is 4. The molecule has 2 aliphatic heterocycles. The molecule has 4 aliphatic rings. The summed E-state index contributed by atoms with van der Waals surface area (Å²) in [5.74, 6) is -4.58. The number of imide groups is 2. The molecule has 6 unspecified atom stereocenters. The van der Waals surface area contributed by atoms with Crippen LogP contribution in [0.15, 0.2) is 66.2 Å². The minimum Gasteiger partial charge on any atom is -0.508 e. The number of alkyl halides is 2. The van der Waals surface area contributed by atoms with Gasteiger partial charge in [-0.15, -0.1) is 23.2 Å². The highest BCUT2D eigenvalue weighted by molar-refractivity contribution is 6.53. The molecule has 2 aliphatic carbocycles. The first kappa shape index (κ1) is 24.2. The highest BCUT2D eigenvalue weighted by Crippen LogP contribution is 2.65. The molecule has 7 nitrogen and oxygen atoms in total. The standard InChI is InChI=1S/C28H24Cl2N2O5/c1-31-25(36)27(29)13-20-18(22(28(27,30)26(31)37)16-8-5-9-17(33)12-16)10-11-19-21(20)24(35)32(23(19)34)14-15-6-3-2-4-7-15/h2-10,12,19-22,33H,11,13-14H2,1H3. The van der Waals surface area contributed by atoms with E-state index < -0.39 is 45.2 Å². The molecule has 0 aromatic heterocycles. The molecule has 2 heterocycles. The Balaban J connectivity index is 1.47. The van der Waals surface area contributed by atoms with Gasteiger partial charge in [0, 0.05) is 13.0 Å². The second-order valence-corrected chi connectivity index (χ2v) is 11.6. The number of likely N-dealkylation sites (tertiary alicyclic amines) is 2. The number of benzene rings is 2. The average Bonchev–Trinajstić information content (AvgIpc) is 3.19. The zero-order valence-electron chi connectivity index (χ0n) is 19.9. The maximum atomic E-state index is 13.8. The summed E-state index contributed by atoms with van der Waals surface area (Å²) in [5, 5.41) is 10.2. The number of aromatic hydroxyl groups is 1. The quantitative estimate of drug-likeness (QED) is 0.366. The molecule has 1 N–H and O–H groups in total. The zero-order chi connectivity index (χ0) is 26.3. The Morgan fingerprint density at radius 1 is 0.946 bits per heavy atom. The Hall–Kier alpha value is -3.16. The SMILES string of the molecule is CN1C(=O)C2(Cl)CC3C(=CCC4C(=O)N(Cc5ccccc5)C(=O)C43)C(c3cccc(O)c3)C2(Cl)C1=O. The van der Waals surface area contributed by atoms with Crippen LogP contribution in [0.3, 0.4) is 0 Å². The fourth-order valence-electron chi connectivity index (χ4n) is 6.81. The summed E-state index contributed by atoms with van der Waals surface area (Å²) in [7, 11) is 1.35. The smallest absolute Gasteiger partial charge is 0.253 e. The van der Waals surface area contributed by atoms with Gasteiger partial charge in [-0.2, -0.15) is 0 Å². The lowest BCUT2D eigenvalue weighted by molar-refractivity contribution is -0.141. The fourth-order valence-corrected chi connectivity index (χ4v) is 7.83. The molecule has 0 bridgehead atoms. The highest BCUT2D eigenvalue weighted by Gasteiger charge is 2.75. The van der Waals surface area contributed by atoms with Crippen LogP contribution in [0.1, 0.15) is 29.9 Å². The number of halogens is 2.